The molecule has 0 aromatic heterocycles. The third-order valence-corrected chi connectivity index (χ3v) is 3.55. The molecule has 0 saturated carbocycles. The number of nitrogens with zero attached hydrogens (tertiary/aromatic N) is 1. The molecule has 22 heavy (non-hydrogen) atoms. The number of hydrazone groups is 1. The van der Waals surface area contributed by atoms with Crippen LogP contribution in [0.3, 0.4) is 0 Å². The zero-order chi connectivity index (χ0) is 15.9. The summed E-state index contributed by atoms with van der Waals surface area (Å²) in [5.41, 5.74) is 4.23. The number of carbonyl (C=O) groups excluding carboxylic acids is 1. The number of carbonyl (C=O) groups is 1. The predicted molar refractivity (Wildman–Crippen MR) is 91.0 cm³/mol. The van der Waals surface area contributed by atoms with E-state index in [1.165, 1.54) is 0 Å². The zero-order valence-corrected chi connectivity index (χ0v) is 14.0. The van der Waals surface area contributed by atoms with Crippen molar-refractivity contribution in [1.29, 1.82) is 0 Å². The van der Waals surface area contributed by atoms with E-state index in [9.17, 15) is 4.79 Å². The zero-order valence-electron chi connectivity index (χ0n) is 12.4. The van der Waals surface area contributed by atoms with E-state index in [4.69, 9.17) is 4.74 Å². The molecule has 1 atom stereocenters. The molecule has 0 aliphatic carbocycles. The molecule has 0 aliphatic heterocycles. The summed E-state index contributed by atoms with van der Waals surface area (Å²) < 4.78 is 6.53. The largest absolute Gasteiger partial charge is 0.481 e. The van der Waals surface area contributed by atoms with Gasteiger partial charge in [-0.3, -0.25) is 4.79 Å². The second kappa shape index (κ2) is 7.75. The van der Waals surface area contributed by atoms with E-state index in [1.54, 1.807) is 19.1 Å². The van der Waals surface area contributed by atoms with Gasteiger partial charge in [0.25, 0.3) is 5.91 Å². The first-order valence-electron chi connectivity index (χ1n) is 6.88. The minimum Gasteiger partial charge on any atom is -0.481 e. The van der Waals surface area contributed by atoms with E-state index < -0.39 is 6.10 Å². The highest BCUT2D eigenvalue weighted by Gasteiger charge is 2.14. The molecule has 2 rings (SSSR count). The lowest BCUT2D eigenvalue weighted by atomic mass is 10.1. The maximum Gasteiger partial charge on any atom is 0.280 e. The molecule has 2 aromatic rings. The second-order valence-electron chi connectivity index (χ2n) is 4.75. The maximum atomic E-state index is 12.0. The van der Waals surface area contributed by atoms with Crippen LogP contribution < -0.4 is 10.2 Å². The Hall–Kier alpha value is -2.14. The molecule has 0 heterocycles. The van der Waals surface area contributed by atoms with Crippen LogP contribution in [-0.2, 0) is 4.79 Å². The number of amides is 1. The molecule has 0 bridgehead atoms. The third-order valence-electron chi connectivity index (χ3n) is 3.02. The van der Waals surface area contributed by atoms with Gasteiger partial charge in [0, 0.05) is 4.47 Å². The Balaban J connectivity index is 1.92. The number of benzene rings is 2. The Kier molecular flexibility index (Phi) is 5.72. The van der Waals surface area contributed by atoms with Crippen LogP contribution in [-0.4, -0.2) is 17.7 Å². The van der Waals surface area contributed by atoms with Gasteiger partial charge in [-0.15, -0.1) is 0 Å². The minimum atomic E-state index is -0.631. The van der Waals surface area contributed by atoms with E-state index in [0.29, 0.717) is 5.75 Å². The average Bonchev–Trinajstić information content (AvgIpc) is 2.55. The SMILES string of the molecule is C/C(=N\NC(=O)C(C)Oc1ccc(Br)cc1)c1ccccc1. The highest BCUT2D eigenvalue weighted by atomic mass is 79.9. The van der Waals surface area contributed by atoms with Gasteiger partial charge in [-0.1, -0.05) is 46.3 Å². The van der Waals surface area contributed by atoms with E-state index in [1.807, 2.05) is 49.4 Å². The average molecular weight is 361 g/mol. The van der Waals surface area contributed by atoms with Crippen molar-refractivity contribution < 1.29 is 9.53 Å². The molecule has 0 spiro atoms. The summed E-state index contributed by atoms with van der Waals surface area (Å²) in [7, 11) is 0. The standard InChI is InChI=1S/C17H17BrN2O2/c1-12(14-6-4-3-5-7-14)19-20-17(21)13(2)22-16-10-8-15(18)9-11-16/h3-11,13H,1-2H3,(H,20,21)/b19-12+. The van der Waals surface area contributed by atoms with Gasteiger partial charge < -0.3 is 4.74 Å². The van der Waals surface area contributed by atoms with Crippen LogP contribution in [0.25, 0.3) is 0 Å². The molecule has 114 valence electrons. The maximum absolute atomic E-state index is 12.0. The number of nitrogens with one attached hydrogen (secondary N) is 1. The van der Waals surface area contributed by atoms with E-state index in [-0.39, 0.29) is 5.91 Å². The van der Waals surface area contributed by atoms with Crippen molar-refractivity contribution in [3.8, 4) is 5.75 Å². The van der Waals surface area contributed by atoms with Crippen LogP contribution in [0.15, 0.2) is 64.2 Å². The van der Waals surface area contributed by atoms with Gasteiger partial charge in [0.2, 0.25) is 0 Å². The smallest absolute Gasteiger partial charge is 0.280 e. The molecular weight excluding hydrogens is 344 g/mol. The fourth-order valence-electron chi connectivity index (χ4n) is 1.74. The summed E-state index contributed by atoms with van der Waals surface area (Å²) in [6.07, 6.45) is -0.631. The molecule has 0 saturated heterocycles. The van der Waals surface area contributed by atoms with Crippen molar-refractivity contribution in [3.63, 3.8) is 0 Å². The van der Waals surface area contributed by atoms with Crippen molar-refractivity contribution in [1.82, 2.24) is 5.43 Å². The molecule has 1 unspecified atom stereocenters. The van der Waals surface area contributed by atoms with Crippen LogP contribution in [0.2, 0.25) is 0 Å². The predicted octanol–water partition coefficient (Wildman–Crippen LogP) is 3.76. The summed E-state index contributed by atoms with van der Waals surface area (Å²) in [5, 5.41) is 4.10. The highest BCUT2D eigenvalue weighted by molar-refractivity contribution is 9.10. The normalized spacial score (nSPS) is 12.6. The Morgan fingerprint density at radius 2 is 1.77 bits per heavy atom. The first-order valence-corrected chi connectivity index (χ1v) is 7.67. The summed E-state index contributed by atoms with van der Waals surface area (Å²) in [4.78, 5) is 12.0. The number of rotatable bonds is 5. The summed E-state index contributed by atoms with van der Waals surface area (Å²) in [6.45, 7) is 3.53. The quantitative estimate of drug-likeness (QED) is 0.651. The number of hydrogen-bond donors (Lipinski definition) is 1. The topological polar surface area (TPSA) is 50.7 Å². The van der Waals surface area contributed by atoms with Crippen LogP contribution >= 0.6 is 15.9 Å². The number of hydrogen-bond acceptors (Lipinski definition) is 3. The van der Waals surface area contributed by atoms with Gasteiger partial charge in [0.15, 0.2) is 6.10 Å². The molecule has 1 N–H and O–H groups in total. The third kappa shape index (κ3) is 4.70. The molecule has 5 heteroatoms. The van der Waals surface area contributed by atoms with Crippen molar-refractivity contribution >= 4 is 27.5 Å². The van der Waals surface area contributed by atoms with Gasteiger partial charge in [-0.05, 0) is 43.7 Å². The molecule has 4 nitrogen and oxygen atoms in total. The highest BCUT2D eigenvalue weighted by Crippen LogP contribution is 2.17. The van der Waals surface area contributed by atoms with Crippen LogP contribution in [0.4, 0.5) is 0 Å². The Morgan fingerprint density at radius 1 is 1.14 bits per heavy atom. The summed E-state index contributed by atoms with van der Waals surface area (Å²) >= 11 is 3.35. The van der Waals surface area contributed by atoms with Crippen molar-refractivity contribution in [2.75, 3.05) is 0 Å². The van der Waals surface area contributed by atoms with Gasteiger partial charge in [-0.2, -0.15) is 5.10 Å². The fourth-order valence-corrected chi connectivity index (χ4v) is 2.01. The van der Waals surface area contributed by atoms with Gasteiger partial charge in [-0.25, -0.2) is 5.43 Å². The van der Waals surface area contributed by atoms with Crippen LogP contribution in [0.5, 0.6) is 5.75 Å². The first-order chi connectivity index (χ1) is 10.6. The van der Waals surface area contributed by atoms with E-state index in [2.05, 4.69) is 26.5 Å². The fraction of sp³-hybridized carbons (Fsp3) is 0.176. The van der Waals surface area contributed by atoms with Gasteiger partial charge >= 0.3 is 0 Å². The molecular formula is C17H17BrN2O2. The lowest BCUT2D eigenvalue weighted by Crippen LogP contribution is -2.33. The number of halogens is 1. The molecule has 0 aliphatic rings. The lowest BCUT2D eigenvalue weighted by molar-refractivity contribution is -0.127. The van der Waals surface area contributed by atoms with E-state index >= 15 is 0 Å². The monoisotopic (exact) mass is 360 g/mol. The van der Waals surface area contributed by atoms with E-state index in [0.717, 1.165) is 15.7 Å². The van der Waals surface area contributed by atoms with Crippen LogP contribution in [0.1, 0.15) is 19.4 Å². The van der Waals surface area contributed by atoms with Crippen molar-refractivity contribution in [2.45, 2.75) is 20.0 Å². The second-order valence-corrected chi connectivity index (χ2v) is 5.67. The van der Waals surface area contributed by atoms with Crippen molar-refractivity contribution in [2.24, 2.45) is 5.10 Å². The van der Waals surface area contributed by atoms with Crippen LogP contribution in [0, 0.1) is 0 Å². The van der Waals surface area contributed by atoms with Gasteiger partial charge in [0.05, 0.1) is 5.71 Å². The molecule has 0 radical (unpaired) electrons. The Bertz CT molecular complexity index is 654. The minimum absolute atomic E-state index is 0.293. The molecule has 0 fully saturated rings. The molecule has 2 aromatic carbocycles. The Morgan fingerprint density at radius 3 is 2.41 bits per heavy atom. The lowest BCUT2D eigenvalue weighted by Gasteiger charge is -2.13. The van der Waals surface area contributed by atoms with Crippen molar-refractivity contribution in [3.05, 3.63) is 64.6 Å². The van der Waals surface area contributed by atoms with Gasteiger partial charge in [0.1, 0.15) is 5.75 Å². The summed E-state index contributed by atoms with van der Waals surface area (Å²) in [6, 6.07) is 17.0. The first kappa shape index (κ1) is 16.2. The molecule has 1 amide bonds. The summed E-state index contributed by atoms with van der Waals surface area (Å²) in [5.74, 6) is 0.341. The number of ether oxygens (including phenoxy) is 1. The Labute approximate surface area is 138 Å².